The first-order valence-corrected chi connectivity index (χ1v) is 10.1. The molecule has 2 amide bonds. The number of esters is 1. The molecule has 3 rings (SSSR count). The van der Waals surface area contributed by atoms with Crippen molar-refractivity contribution in [2.24, 2.45) is 5.92 Å². The largest absolute Gasteiger partial charge is 0.468 e. The summed E-state index contributed by atoms with van der Waals surface area (Å²) in [6, 6.07) is 19.9. The van der Waals surface area contributed by atoms with Crippen LogP contribution in [0.3, 0.4) is 0 Å². The number of allylic oxidation sites excluding steroid dienone is 1. The Morgan fingerprint density at radius 2 is 1.77 bits per heavy atom. The highest BCUT2D eigenvalue weighted by Gasteiger charge is 2.44. The molecule has 0 saturated carbocycles. The molecule has 2 aromatic carbocycles. The number of ether oxygens (including phenoxy) is 1. The zero-order valence-electron chi connectivity index (χ0n) is 16.1. The molecule has 30 heavy (non-hydrogen) atoms. The highest BCUT2D eigenvalue weighted by Crippen LogP contribution is 2.40. The van der Waals surface area contributed by atoms with E-state index in [-0.39, 0.29) is 22.3 Å². The first-order chi connectivity index (χ1) is 14.5. The summed E-state index contributed by atoms with van der Waals surface area (Å²) in [4.78, 5) is 37.3. The zero-order valence-corrected chi connectivity index (χ0v) is 16.9. The van der Waals surface area contributed by atoms with E-state index in [1.54, 1.807) is 54.6 Å². The molecule has 0 fully saturated rings. The predicted molar refractivity (Wildman–Crippen MR) is 113 cm³/mol. The molecule has 152 valence electrons. The molecule has 1 aliphatic rings. The van der Waals surface area contributed by atoms with Crippen molar-refractivity contribution in [2.75, 3.05) is 18.2 Å². The van der Waals surface area contributed by atoms with E-state index in [4.69, 9.17) is 4.74 Å². The second kappa shape index (κ2) is 9.76. The normalized spacial score (nSPS) is 18.2. The van der Waals surface area contributed by atoms with Gasteiger partial charge in [-0.15, -0.1) is 0 Å². The van der Waals surface area contributed by atoms with Crippen LogP contribution < -0.4 is 10.6 Å². The summed E-state index contributed by atoms with van der Waals surface area (Å²) in [6.45, 7) is 0. The van der Waals surface area contributed by atoms with Gasteiger partial charge in [0.1, 0.15) is 5.92 Å². The van der Waals surface area contributed by atoms with E-state index < -0.39 is 23.7 Å². The number of nitrogens with one attached hydrogen (secondary N) is 2. The molecule has 0 unspecified atom stereocenters. The van der Waals surface area contributed by atoms with Gasteiger partial charge in [0.15, 0.2) is 0 Å². The van der Waals surface area contributed by atoms with Crippen molar-refractivity contribution in [2.45, 2.75) is 5.92 Å². The number of amides is 2. The molecular formula is C22H19N3O4S. The Balaban J connectivity index is 1.87. The summed E-state index contributed by atoms with van der Waals surface area (Å²) in [7, 11) is 1.20. The van der Waals surface area contributed by atoms with Crippen molar-refractivity contribution in [1.29, 1.82) is 5.26 Å². The number of nitriles is 1. The van der Waals surface area contributed by atoms with Crippen LogP contribution >= 0.6 is 11.8 Å². The third kappa shape index (κ3) is 4.70. The van der Waals surface area contributed by atoms with Crippen LogP contribution in [0.4, 0.5) is 5.69 Å². The summed E-state index contributed by atoms with van der Waals surface area (Å²) in [5, 5.41) is 15.4. The van der Waals surface area contributed by atoms with E-state index in [0.717, 1.165) is 11.8 Å². The number of benzene rings is 2. The van der Waals surface area contributed by atoms with Gasteiger partial charge in [0, 0.05) is 11.6 Å². The Labute approximate surface area is 178 Å². The van der Waals surface area contributed by atoms with Crippen LogP contribution in [-0.2, 0) is 19.1 Å². The highest BCUT2D eigenvalue weighted by molar-refractivity contribution is 8.03. The third-order valence-electron chi connectivity index (χ3n) is 4.55. The lowest BCUT2D eigenvalue weighted by Gasteiger charge is -2.30. The molecule has 0 saturated heterocycles. The minimum atomic E-state index is -1.19. The van der Waals surface area contributed by atoms with E-state index in [9.17, 15) is 19.6 Å². The predicted octanol–water partition coefficient (Wildman–Crippen LogP) is 2.80. The average molecular weight is 421 g/mol. The third-order valence-corrected chi connectivity index (χ3v) is 5.56. The number of thioether (sulfide) groups is 1. The fourth-order valence-corrected chi connectivity index (χ4v) is 4.04. The van der Waals surface area contributed by atoms with Gasteiger partial charge in [-0.3, -0.25) is 14.4 Å². The van der Waals surface area contributed by atoms with Gasteiger partial charge in [0.2, 0.25) is 11.8 Å². The monoisotopic (exact) mass is 421 g/mol. The van der Waals surface area contributed by atoms with Crippen LogP contribution in [0, 0.1) is 17.2 Å². The quantitative estimate of drug-likeness (QED) is 0.548. The van der Waals surface area contributed by atoms with E-state index in [1.807, 2.05) is 6.07 Å². The maximum Gasteiger partial charge on any atom is 0.319 e. The van der Waals surface area contributed by atoms with Crippen molar-refractivity contribution >= 4 is 35.2 Å². The summed E-state index contributed by atoms with van der Waals surface area (Å²) in [5.41, 5.74) is 1.51. The van der Waals surface area contributed by atoms with E-state index in [2.05, 4.69) is 16.7 Å². The molecule has 2 atom stereocenters. The number of nitrogens with zero attached hydrogens (tertiary/aromatic N) is 1. The lowest BCUT2D eigenvalue weighted by Crippen LogP contribution is -2.44. The second-order valence-electron chi connectivity index (χ2n) is 6.44. The minimum absolute atomic E-state index is 0.0138. The topological polar surface area (TPSA) is 108 Å². The molecule has 8 heteroatoms. The SMILES string of the molecule is COC(=O)[C@@H]1C(=O)NC(SCC(=O)Nc2ccccc2)=C(C#N)[C@H]1c1ccccc1. The van der Waals surface area contributed by atoms with Crippen LogP contribution in [0.25, 0.3) is 0 Å². The average Bonchev–Trinajstić information content (AvgIpc) is 2.78. The minimum Gasteiger partial charge on any atom is -0.468 e. The summed E-state index contributed by atoms with van der Waals surface area (Å²) >= 11 is 1.04. The molecule has 0 aromatic heterocycles. The van der Waals surface area contributed by atoms with Crippen LogP contribution in [0.5, 0.6) is 0 Å². The maximum atomic E-state index is 12.7. The number of anilines is 1. The van der Waals surface area contributed by atoms with Gasteiger partial charge in [-0.05, 0) is 17.7 Å². The summed E-state index contributed by atoms with van der Waals surface area (Å²) in [5.74, 6) is -3.57. The number of carbonyl (C=O) groups excluding carboxylic acids is 3. The standard InChI is InChI=1S/C22H19N3O4S/c1-29-22(28)19-18(14-8-4-2-5-9-14)16(12-23)21(25-20(19)27)30-13-17(26)24-15-10-6-3-7-11-15/h2-11,18-19H,13H2,1H3,(H,24,26)(H,25,27)/t18-,19+/m1/s1. The molecule has 2 N–H and O–H groups in total. The summed E-state index contributed by atoms with van der Waals surface area (Å²) < 4.78 is 4.80. The van der Waals surface area contributed by atoms with Crippen molar-refractivity contribution in [3.63, 3.8) is 0 Å². The van der Waals surface area contributed by atoms with Gasteiger partial charge in [-0.2, -0.15) is 5.26 Å². The van der Waals surface area contributed by atoms with Crippen LogP contribution in [0.1, 0.15) is 11.5 Å². The Bertz CT molecular complexity index is 1020. The molecule has 0 radical (unpaired) electrons. The van der Waals surface area contributed by atoms with Gasteiger partial charge in [-0.25, -0.2) is 0 Å². The molecule has 2 aromatic rings. The Hall–Kier alpha value is -3.57. The molecule has 1 heterocycles. The molecule has 0 bridgehead atoms. The van der Waals surface area contributed by atoms with Gasteiger partial charge in [0.25, 0.3) is 0 Å². The Morgan fingerprint density at radius 3 is 2.37 bits per heavy atom. The van der Waals surface area contributed by atoms with E-state index in [0.29, 0.717) is 11.3 Å². The fraction of sp³-hybridized carbons (Fsp3) is 0.182. The Kier molecular flexibility index (Phi) is 6.88. The van der Waals surface area contributed by atoms with Crippen LogP contribution in [0.15, 0.2) is 71.3 Å². The second-order valence-corrected chi connectivity index (χ2v) is 7.42. The number of rotatable bonds is 6. The first kappa shape index (κ1) is 21.1. The number of carbonyl (C=O) groups is 3. The molecule has 0 aliphatic carbocycles. The van der Waals surface area contributed by atoms with Crippen LogP contribution in [-0.4, -0.2) is 30.6 Å². The van der Waals surface area contributed by atoms with Gasteiger partial charge in [-0.1, -0.05) is 60.3 Å². The van der Waals surface area contributed by atoms with Gasteiger partial charge < -0.3 is 15.4 Å². The summed E-state index contributed by atoms with van der Waals surface area (Å²) in [6.07, 6.45) is 0. The molecular weight excluding hydrogens is 402 g/mol. The van der Waals surface area contributed by atoms with E-state index in [1.165, 1.54) is 7.11 Å². The smallest absolute Gasteiger partial charge is 0.319 e. The lowest BCUT2D eigenvalue weighted by molar-refractivity contribution is -0.150. The number of hydrogen-bond donors (Lipinski definition) is 2. The first-order valence-electron chi connectivity index (χ1n) is 9.10. The van der Waals surface area contributed by atoms with Crippen molar-refractivity contribution in [3.8, 4) is 6.07 Å². The van der Waals surface area contributed by atoms with Crippen molar-refractivity contribution < 1.29 is 19.1 Å². The van der Waals surface area contributed by atoms with Gasteiger partial charge >= 0.3 is 5.97 Å². The molecule has 1 aliphatic heterocycles. The Morgan fingerprint density at radius 1 is 1.13 bits per heavy atom. The highest BCUT2D eigenvalue weighted by atomic mass is 32.2. The lowest BCUT2D eigenvalue weighted by atomic mass is 9.78. The fourth-order valence-electron chi connectivity index (χ4n) is 3.20. The molecule has 0 spiro atoms. The van der Waals surface area contributed by atoms with Gasteiger partial charge in [0.05, 0.1) is 29.5 Å². The number of methoxy groups -OCH3 is 1. The van der Waals surface area contributed by atoms with Crippen LogP contribution in [0.2, 0.25) is 0 Å². The van der Waals surface area contributed by atoms with Crippen molar-refractivity contribution in [1.82, 2.24) is 5.32 Å². The van der Waals surface area contributed by atoms with Crippen molar-refractivity contribution in [3.05, 3.63) is 76.8 Å². The number of para-hydroxylation sites is 1. The van der Waals surface area contributed by atoms with E-state index >= 15 is 0 Å². The maximum absolute atomic E-state index is 12.7. The zero-order chi connectivity index (χ0) is 21.5. The number of hydrogen-bond acceptors (Lipinski definition) is 6. The molecule has 7 nitrogen and oxygen atoms in total.